The number of benzene rings is 1. The van der Waals surface area contributed by atoms with E-state index in [1.165, 1.54) is 12.1 Å². The van der Waals surface area contributed by atoms with E-state index in [2.05, 4.69) is 16.0 Å². The zero-order valence-corrected chi connectivity index (χ0v) is 21.7. The van der Waals surface area contributed by atoms with E-state index in [1.807, 2.05) is 6.92 Å². The van der Waals surface area contributed by atoms with Gasteiger partial charge in [-0.2, -0.15) is 0 Å². The highest BCUT2D eigenvalue weighted by atomic mass is 16.4. The number of aromatic hydroxyl groups is 1. The van der Waals surface area contributed by atoms with Gasteiger partial charge >= 0.3 is 5.97 Å². The minimum atomic E-state index is -1.54. The van der Waals surface area contributed by atoms with E-state index in [0.29, 0.717) is 12.8 Å². The Bertz CT molecular complexity index is 953. The Kier molecular flexibility index (Phi) is 12.5. The van der Waals surface area contributed by atoms with Crippen LogP contribution in [0.5, 0.6) is 5.75 Å². The molecule has 0 saturated heterocycles. The first-order chi connectivity index (χ1) is 17.3. The summed E-state index contributed by atoms with van der Waals surface area (Å²) in [5.74, 6) is -4.93. The zero-order chi connectivity index (χ0) is 28.3. The second kappa shape index (κ2) is 14.8. The van der Waals surface area contributed by atoms with Crippen LogP contribution < -0.4 is 27.4 Å². The molecular formula is C25H39N5O7. The van der Waals surface area contributed by atoms with Gasteiger partial charge in [0.05, 0.1) is 12.5 Å². The molecule has 1 aromatic carbocycles. The molecule has 4 amide bonds. The second-order valence-electron chi connectivity index (χ2n) is 9.29. The predicted molar refractivity (Wildman–Crippen MR) is 136 cm³/mol. The Hall–Kier alpha value is -3.67. The van der Waals surface area contributed by atoms with Crippen LogP contribution >= 0.6 is 0 Å². The molecular weight excluding hydrogens is 482 g/mol. The number of phenols is 1. The number of primary amides is 1. The number of nitrogens with two attached hydrogens (primary N) is 2. The molecule has 0 saturated carbocycles. The highest BCUT2D eigenvalue weighted by molar-refractivity contribution is 5.95. The standard InChI is InChI=1S/C25H39N5O7/c1-5-13(3)20(23(34)28-18(25(36)37)12-19(27)32)30-24(35)21(14(4)6-2)29-22(33)17(26)11-15-7-9-16(31)10-8-15/h7-10,13-14,17-18,20-21,31H,5-6,11-12,26H2,1-4H3,(H2,27,32)(H,28,34)(H,29,33)(H,30,35)(H,36,37). The van der Waals surface area contributed by atoms with E-state index in [1.54, 1.807) is 32.9 Å². The van der Waals surface area contributed by atoms with Crippen LogP contribution in [-0.2, 0) is 30.4 Å². The molecule has 0 aliphatic rings. The highest BCUT2D eigenvalue weighted by Gasteiger charge is 2.34. The van der Waals surface area contributed by atoms with Gasteiger partial charge in [0, 0.05) is 0 Å². The number of hydrogen-bond acceptors (Lipinski definition) is 7. The summed E-state index contributed by atoms with van der Waals surface area (Å²) in [4.78, 5) is 61.7. The average molecular weight is 522 g/mol. The van der Waals surface area contributed by atoms with E-state index in [0.717, 1.165) is 5.56 Å². The number of hydrogen-bond donors (Lipinski definition) is 7. The van der Waals surface area contributed by atoms with Crippen molar-refractivity contribution >= 4 is 29.6 Å². The fraction of sp³-hybridized carbons (Fsp3) is 0.560. The molecule has 6 unspecified atom stereocenters. The van der Waals surface area contributed by atoms with Gasteiger partial charge in [0.15, 0.2) is 0 Å². The van der Waals surface area contributed by atoms with Crippen LogP contribution in [0.15, 0.2) is 24.3 Å². The number of rotatable bonds is 15. The molecule has 6 atom stereocenters. The normalized spacial score (nSPS) is 15.8. The second-order valence-corrected chi connectivity index (χ2v) is 9.29. The number of nitrogens with one attached hydrogen (secondary N) is 3. The molecule has 0 radical (unpaired) electrons. The Morgan fingerprint density at radius 3 is 1.73 bits per heavy atom. The van der Waals surface area contributed by atoms with Gasteiger partial charge in [-0.25, -0.2) is 4.79 Å². The summed E-state index contributed by atoms with van der Waals surface area (Å²) in [7, 11) is 0. The van der Waals surface area contributed by atoms with Crippen molar-refractivity contribution in [3.63, 3.8) is 0 Å². The van der Waals surface area contributed by atoms with E-state index in [-0.39, 0.29) is 18.1 Å². The number of aliphatic carboxylic acids is 1. The summed E-state index contributed by atoms with van der Waals surface area (Å²) in [6.45, 7) is 7.11. The van der Waals surface area contributed by atoms with Gasteiger partial charge in [0.1, 0.15) is 23.9 Å². The number of carboxylic acid groups (broad SMARTS) is 1. The third-order valence-electron chi connectivity index (χ3n) is 6.34. The zero-order valence-electron chi connectivity index (χ0n) is 21.7. The van der Waals surface area contributed by atoms with E-state index < -0.39 is 66.1 Å². The van der Waals surface area contributed by atoms with Crippen LogP contribution in [0.25, 0.3) is 0 Å². The fourth-order valence-electron chi connectivity index (χ4n) is 3.55. The summed E-state index contributed by atoms with van der Waals surface area (Å²) in [6.07, 6.45) is 0.581. The lowest BCUT2D eigenvalue weighted by Gasteiger charge is -2.30. The maximum Gasteiger partial charge on any atom is 0.326 e. The molecule has 0 aromatic heterocycles. The first-order valence-electron chi connectivity index (χ1n) is 12.3. The smallest absolute Gasteiger partial charge is 0.326 e. The van der Waals surface area contributed by atoms with Crippen molar-refractivity contribution in [1.29, 1.82) is 0 Å². The molecule has 37 heavy (non-hydrogen) atoms. The van der Waals surface area contributed by atoms with Crippen LogP contribution in [0.2, 0.25) is 0 Å². The van der Waals surface area contributed by atoms with E-state index in [9.17, 15) is 34.2 Å². The van der Waals surface area contributed by atoms with Gasteiger partial charge in [-0.15, -0.1) is 0 Å². The van der Waals surface area contributed by atoms with Crippen molar-refractivity contribution in [3.05, 3.63) is 29.8 Å². The van der Waals surface area contributed by atoms with Crippen LogP contribution in [0.3, 0.4) is 0 Å². The SMILES string of the molecule is CCC(C)C(NC(=O)C(N)Cc1ccc(O)cc1)C(=O)NC(C(=O)NC(CC(N)=O)C(=O)O)C(C)CC. The molecule has 1 rings (SSSR count). The Morgan fingerprint density at radius 2 is 1.30 bits per heavy atom. The molecule has 1 aromatic rings. The minimum absolute atomic E-state index is 0.0829. The molecule has 0 fully saturated rings. The number of carboxylic acids is 1. The lowest BCUT2D eigenvalue weighted by Crippen LogP contribution is -2.60. The van der Waals surface area contributed by atoms with Crippen molar-refractivity contribution in [3.8, 4) is 5.75 Å². The maximum absolute atomic E-state index is 13.3. The quantitative estimate of drug-likeness (QED) is 0.163. The number of amides is 4. The van der Waals surface area contributed by atoms with Gasteiger partial charge in [-0.3, -0.25) is 19.2 Å². The summed E-state index contributed by atoms with van der Waals surface area (Å²) in [5, 5.41) is 26.3. The van der Waals surface area contributed by atoms with Crippen molar-refractivity contribution in [1.82, 2.24) is 16.0 Å². The Labute approximate surface area is 216 Å². The fourth-order valence-corrected chi connectivity index (χ4v) is 3.55. The molecule has 0 bridgehead atoms. The molecule has 0 spiro atoms. The number of carbonyl (C=O) groups is 5. The first-order valence-corrected chi connectivity index (χ1v) is 12.3. The van der Waals surface area contributed by atoms with Crippen molar-refractivity contribution < 1.29 is 34.2 Å². The van der Waals surface area contributed by atoms with Gasteiger partial charge in [-0.05, 0) is 36.0 Å². The van der Waals surface area contributed by atoms with Crippen LogP contribution in [0.1, 0.15) is 52.5 Å². The lowest BCUT2D eigenvalue weighted by molar-refractivity contribution is -0.144. The summed E-state index contributed by atoms with van der Waals surface area (Å²) < 4.78 is 0. The Balaban J connectivity index is 3.02. The van der Waals surface area contributed by atoms with Crippen molar-refractivity contribution in [2.24, 2.45) is 23.3 Å². The van der Waals surface area contributed by atoms with E-state index >= 15 is 0 Å². The third kappa shape index (κ3) is 10.1. The minimum Gasteiger partial charge on any atom is -0.508 e. The van der Waals surface area contributed by atoms with Crippen LogP contribution in [0, 0.1) is 11.8 Å². The largest absolute Gasteiger partial charge is 0.508 e. The third-order valence-corrected chi connectivity index (χ3v) is 6.34. The monoisotopic (exact) mass is 521 g/mol. The summed E-state index contributed by atoms with van der Waals surface area (Å²) >= 11 is 0. The van der Waals surface area contributed by atoms with Crippen molar-refractivity contribution in [2.45, 2.75) is 77.5 Å². The molecule has 0 aliphatic heterocycles. The first kappa shape index (κ1) is 31.4. The molecule has 0 aliphatic carbocycles. The van der Waals surface area contributed by atoms with Crippen molar-refractivity contribution in [2.75, 3.05) is 0 Å². The molecule has 9 N–H and O–H groups in total. The topological polar surface area (TPSA) is 214 Å². The van der Waals surface area contributed by atoms with Gasteiger partial charge in [-0.1, -0.05) is 52.7 Å². The molecule has 0 heterocycles. The predicted octanol–water partition coefficient (Wildman–Crippen LogP) is -0.231. The number of carbonyl (C=O) groups excluding carboxylic acids is 4. The number of phenolic OH excluding ortho intramolecular Hbond substituents is 1. The van der Waals surface area contributed by atoms with Gasteiger partial charge in [0.2, 0.25) is 23.6 Å². The van der Waals surface area contributed by atoms with Gasteiger partial charge in [0.25, 0.3) is 0 Å². The average Bonchev–Trinajstić information content (AvgIpc) is 2.84. The van der Waals surface area contributed by atoms with Gasteiger partial charge < -0.3 is 37.6 Å². The highest BCUT2D eigenvalue weighted by Crippen LogP contribution is 2.14. The molecule has 12 nitrogen and oxygen atoms in total. The van der Waals surface area contributed by atoms with E-state index in [4.69, 9.17) is 11.5 Å². The Morgan fingerprint density at radius 1 is 0.838 bits per heavy atom. The maximum atomic E-state index is 13.3. The van der Waals surface area contributed by atoms with Crippen LogP contribution in [0.4, 0.5) is 0 Å². The van der Waals surface area contributed by atoms with Crippen LogP contribution in [-0.4, -0.2) is 64.0 Å². The lowest BCUT2D eigenvalue weighted by atomic mass is 9.94. The summed E-state index contributed by atoms with van der Waals surface area (Å²) in [5.41, 5.74) is 11.9. The molecule has 12 heteroatoms. The summed E-state index contributed by atoms with van der Waals surface area (Å²) in [6, 6.07) is 1.59. The molecule has 206 valence electrons.